The normalized spacial score (nSPS) is 13.1. The van der Waals surface area contributed by atoms with Gasteiger partial charge in [-0.3, -0.25) is 0 Å². The number of rotatable bonds is 12. The van der Waals surface area contributed by atoms with E-state index in [0.717, 1.165) is 25.3 Å². The zero-order chi connectivity index (χ0) is 32.7. The van der Waals surface area contributed by atoms with Crippen molar-refractivity contribution in [3.8, 4) is 5.75 Å². The first-order chi connectivity index (χ1) is 22.1. The van der Waals surface area contributed by atoms with E-state index in [-0.39, 0.29) is 10.6 Å². The van der Waals surface area contributed by atoms with Crippen molar-refractivity contribution in [3.63, 3.8) is 0 Å². The summed E-state index contributed by atoms with van der Waals surface area (Å²) in [6.45, 7) is 18.5. The maximum absolute atomic E-state index is 6.88. The zero-order valence-corrected chi connectivity index (χ0v) is 29.7. The smallest absolute Gasteiger partial charge is 0.127 e. The van der Waals surface area contributed by atoms with Gasteiger partial charge in [0, 0.05) is 35.1 Å². The Morgan fingerprint density at radius 3 is 1.67 bits per heavy atom. The van der Waals surface area contributed by atoms with Crippen LogP contribution in [0.15, 0.2) is 121 Å². The van der Waals surface area contributed by atoms with Crippen LogP contribution in [0, 0.1) is 13.8 Å². The molecule has 2 unspecified atom stereocenters. The number of anilines is 1. The van der Waals surface area contributed by atoms with E-state index in [2.05, 4.69) is 175 Å². The maximum Gasteiger partial charge on any atom is 0.127 e. The van der Waals surface area contributed by atoms with Crippen molar-refractivity contribution < 1.29 is 4.74 Å². The minimum atomic E-state index is -0.121. The third-order valence-electron chi connectivity index (χ3n) is 8.99. The summed E-state index contributed by atoms with van der Waals surface area (Å²) in [6.07, 6.45) is 1.01. The van der Waals surface area contributed by atoms with Crippen LogP contribution in [0.4, 0.5) is 5.69 Å². The van der Waals surface area contributed by atoms with E-state index in [1.807, 2.05) is 0 Å². The van der Waals surface area contributed by atoms with E-state index in [0.29, 0.717) is 15.2 Å². The molecule has 238 valence electrons. The van der Waals surface area contributed by atoms with E-state index in [4.69, 9.17) is 4.74 Å². The van der Waals surface area contributed by atoms with E-state index in [1.54, 1.807) is 0 Å². The molecular formula is C43H50NOP. The molecule has 0 fully saturated rings. The van der Waals surface area contributed by atoms with E-state index in [9.17, 15) is 0 Å². The lowest BCUT2D eigenvalue weighted by molar-refractivity contribution is 0.291. The van der Waals surface area contributed by atoms with Gasteiger partial charge in [-0.1, -0.05) is 164 Å². The monoisotopic (exact) mass is 627 g/mol. The van der Waals surface area contributed by atoms with Crippen molar-refractivity contribution >= 4 is 19.6 Å². The van der Waals surface area contributed by atoms with Gasteiger partial charge in [-0.2, -0.15) is 0 Å². The maximum atomic E-state index is 6.88. The number of aryl methyl sites for hydroxylation is 2. The molecule has 0 aliphatic carbocycles. The summed E-state index contributed by atoms with van der Waals surface area (Å²) in [5, 5.41) is 1.32. The topological polar surface area (TPSA) is 12.5 Å². The van der Waals surface area contributed by atoms with Crippen LogP contribution in [0.2, 0.25) is 0 Å². The van der Waals surface area contributed by atoms with Crippen molar-refractivity contribution in [1.82, 2.24) is 0 Å². The molecule has 5 aromatic carbocycles. The van der Waals surface area contributed by atoms with E-state index >= 15 is 0 Å². The second-order valence-electron chi connectivity index (χ2n) is 13.8. The number of ether oxygens (including phenoxy) is 1. The van der Waals surface area contributed by atoms with Gasteiger partial charge in [0.1, 0.15) is 12.4 Å². The molecule has 0 radical (unpaired) electrons. The number of nitrogens with zero attached hydrogens (tertiary/aromatic N) is 1. The Bertz CT molecular complexity index is 1670. The van der Waals surface area contributed by atoms with Crippen LogP contribution in [0.25, 0.3) is 0 Å². The van der Waals surface area contributed by atoms with Crippen LogP contribution < -0.4 is 14.9 Å². The molecule has 5 rings (SSSR count). The highest BCUT2D eigenvalue weighted by Crippen LogP contribution is 2.51. The van der Waals surface area contributed by atoms with Gasteiger partial charge in [-0.15, -0.1) is 0 Å². The fourth-order valence-electron chi connectivity index (χ4n) is 6.16. The van der Waals surface area contributed by atoms with Crippen LogP contribution in [-0.2, 0) is 30.3 Å². The summed E-state index contributed by atoms with van der Waals surface area (Å²) in [5.41, 5.74) is 10.3. The quantitative estimate of drug-likeness (QED) is 0.128. The average Bonchev–Trinajstić information content (AvgIpc) is 3.05. The largest absolute Gasteiger partial charge is 0.488 e. The molecule has 2 atom stereocenters. The molecule has 5 aromatic rings. The summed E-state index contributed by atoms with van der Waals surface area (Å²) >= 11 is 0. The summed E-state index contributed by atoms with van der Waals surface area (Å²) in [7, 11) is 0.560. The predicted octanol–water partition coefficient (Wildman–Crippen LogP) is 11.0. The molecule has 0 aliphatic rings. The first kappa shape index (κ1) is 33.5. The lowest BCUT2D eigenvalue weighted by Crippen LogP contribution is -2.29. The number of benzene rings is 5. The Morgan fingerprint density at radius 2 is 1.15 bits per heavy atom. The first-order valence-corrected chi connectivity index (χ1v) is 17.6. The molecule has 0 aliphatic heterocycles. The minimum absolute atomic E-state index is 0.0550. The molecule has 0 aromatic heterocycles. The summed E-state index contributed by atoms with van der Waals surface area (Å²) in [4.78, 5) is 2.57. The van der Waals surface area contributed by atoms with Crippen LogP contribution in [0.3, 0.4) is 0 Å². The highest BCUT2D eigenvalue weighted by atomic mass is 31.1. The van der Waals surface area contributed by atoms with Crippen molar-refractivity contribution in [2.24, 2.45) is 0 Å². The first-order valence-electron chi connectivity index (χ1n) is 16.6. The SMILES string of the molecule is CCC(C)(Pc1c(C)cccc1N(Cc1ccccc1)Cc1ccccc1)c1cc(C)cc(C(C)(C)C)c1OCc1ccccc1. The molecule has 0 saturated carbocycles. The van der Waals surface area contributed by atoms with Crippen molar-refractivity contribution in [2.75, 3.05) is 4.90 Å². The van der Waals surface area contributed by atoms with Crippen LogP contribution in [0.1, 0.15) is 80.0 Å². The molecule has 2 nitrogen and oxygen atoms in total. The van der Waals surface area contributed by atoms with E-state index in [1.165, 1.54) is 49.9 Å². The molecule has 0 amide bonds. The Morgan fingerprint density at radius 1 is 0.630 bits per heavy atom. The number of hydrogen-bond donors (Lipinski definition) is 0. The van der Waals surface area contributed by atoms with Crippen LogP contribution in [0.5, 0.6) is 5.75 Å². The Labute approximate surface area is 279 Å². The summed E-state index contributed by atoms with van der Waals surface area (Å²) in [5.74, 6) is 1.05. The minimum Gasteiger partial charge on any atom is -0.488 e. The summed E-state index contributed by atoms with van der Waals surface area (Å²) in [6, 6.07) is 43.9. The van der Waals surface area contributed by atoms with Gasteiger partial charge in [-0.05, 0) is 59.3 Å². The Balaban J connectivity index is 1.60. The van der Waals surface area contributed by atoms with Crippen molar-refractivity contribution in [2.45, 2.75) is 85.2 Å². The fourth-order valence-corrected chi connectivity index (χ4v) is 7.86. The Hall–Kier alpha value is -3.87. The highest BCUT2D eigenvalue weighted by molar-refractivity contribution is 7.49. The predicted molar refractivity (Wildman–Crippen MR) is 200 cm³/mol. The van der Waals surface area contributed by atoms with Gasteiger partial charge in [-0.25, -0.2) is 0 Å². The van der Waals surface area contributed by atoms with Gasteiger partial charge in [0.15, 0.2) is 0 Å². The highest BCUT2D eigenvalue weighted by Gasteiger charge is 2.34. The molecule has 0 bridgehead atoms. The molecule has 0 saturated heterocycles. The van der Waals surface area contributed by atoms with Crippen LogP contribution in [-0.4, -0.2) is 0 Å². The van der Waals surface area contributed by atoms with Gasteiger partial charge in [0.05, 0.1) is 0 Å². The summed E-state index contributed by atoms with van der Waals surface area (Å²) < 4.78 is 6.88. The van der Waals surface area contributed by atoms with Crippen molar-refractivity contribution in [1.29, 1.82) is 0 Å². The molecule has 0 heterocycles. The third-order valence-corrected chi connectivity index (χ3v) is 11.1. The van der Waals surface area contributed by atoms with Crippen LogP contribution >= 0.6 is 8.58 Å². The second-order valence-corrected chi connectivity index (χ2v) is 15.7. The van der Waals surface area contributed by atoms with Gasteiger partial charge in [0.25, 0.3) is 0 Å². The standard InChI is InChI=1S/C43H50NOP/c1-8-43(7,38-28-32(2)27-37(42(4,5)6)40(38)45-31-36-24-16-11-17-25-36)46-41-33(3)19-18-26-39(41)44(29-34-20-12-9-13-21-34)30-35-22-14-10-15-23-35/h9-28,46H,8,29-31H2,1-7H3. The van der Waals surface area contributed by atoms with E-state index < -0.39 is 0 Å². The second kappa shape index (κ2) is 14.7. The zero-order valence-electron chi connectivity index (χ0n) is 28.7. The molecule has 3 heteroatoms. The lowest BCUT2D eigenvalue weighted by atomic mass is 9.81. The molecular weight excluding hydrogens is 577 g/mol. The van der Waals surface area contributed by atoms with Gasteiger partial charge in [0.2, 0.25) is 0 Å². The van der Waals surface area contributed by atoms with Crippen molar-refractivity contribution in [3.05, 3.63) is 160 Å². The number of hydrogen-bond acceptors (Lipinski definition) is 2. The average molecular weight is 628 g/mol. The van der Waals surface area contributed by atoms with Gasteiger partial charge < -0.3 is 9.64 Å². The third kappa shape index (κ3) is 8.09. The Kier molecular flexibility index (Phi) is 10.7. The molecule has 46 heavy (non-hydrogen) atoms. The molecule has 0 spiro atoms. The lowest BCUT2D eigenvalue weighted by Gasteiger charge is -2.37. The van der Waals surface area contributed by atoms with Gasteiger partial charge >= 0.3 is 0 Å². The molecule has 0 N–H and O–H groups in total. The fraction of sp³-hybridized carbons (Fsp3) is 0.302.